The van der Waals surface area contributed by atoms with Crippen LogP contribution in [0, 0.1) is 6.92 Å². The SMILES string of the molecule is Cc1cccc(-n2nnnc2-c2cccc(Cl)c2N)c1. The fraction of sp³-hybridized carbons (Fsp3) is 0.0714. The molecule has 2 aromatic carbocycles. The first-order valence-corrected chi connectivity index (χ1v) is 6.44. The highest BCUT2D eigenvalue weighted by Crippen LogP contribution is 2.30. The van der Waals surface area contributed by atoms with Gasteiger partial charge in [0.05, 0.1) is 16.4 Å². The van der Waals surface area contributed by atoms with Crippen molar-refractivity contribution in [3.8, 4) is 17.1 Å². The normalized spacial score (nSPS) is 10.7. The number of rotatable bonds is 2. The van der Waals surface area contributed by atoms with Gasteiger partial charge in [-0.05, 0) is 47.2 Å². The Labute approximate surface area is 121 Å². The topological polar surface area (TPSA) is 69.6 Å². The van der Waals surface area contributed by atoms with Crippen LogP contribution in [0.25, 0.3) is 17.1 Å². The minimum Gasteiger partial charge on any atom is -0.397 e. The van der Waals surface area contributed by atoms with Crippen LogP contribution in [-0.4, -0.2) is 20.2 Å². The molecule has 2 N–H and O–H groups in total. The zero-order valence-electron chi connectivity index (χ0n) is 10.8. The van der Waals surface area contributed by atoms with Crippen molar-refractivity contribution < 1.29 is 0 Å². The van der Waals surface area contributed by atoms with Gasteiger partial charge in [-0.2, -0.15) is 4.68 Å². The van der Waals surface area contributed by atoms with Crippen LogP contribution in [0.2, 0.25) is 5.02 Å². The summed E-state index contributed by atoms with van der Waals surface area (Å²) in [5, 5.41) is 12.3. The van der Waals surface area contributed by atoms with Crippen LogP contribution in [0.4, 0.5) is 5.69 Å². The number of tetrazole rings is 1. The van der Waals surface area contributed by atoms with Gasteiger partial charge >= 0.3 is 0 Å². The van der Waals surface area contributed by atoms with Crippen molar-refractivity contribution in [3.05, 3.63) is 53.1 Å². The third-order valence-corrected chi connectivity index (χ3v) is 3.34. The first-order valence-electron chi connectivity index (χ1n) is 6.06. The van der Waals surface area contributed by atoms with E-state index in [1.165, 1.54) is 0 Å². The van der Waals surface area contributed by atoms with Crippen molar-refractivity contribution in [1.82, 2.24) is 20.2 Å². The maximum Gasteiger partial charge on any atom is 0.189 e. The summed E-state index contributed by atoms with van der Waals surface area (Å²) in [5.41, 5.74) is 9.20. The van der Waals surface area contributed by atoms with E-state index in [9.17, 15) is 0 Å². The third kappa shape index (κ3) is 2.12. The molecule has 0 saturated heterocycles. The molecule has 1 heterocycles. The van der Waals surface area contributed by atoms with Gasteiger partial charge in [0, 0.05) is 5.56 Å². The summed E-state index contributed by atoms with van der Waals surface area (Å²) in [5.74, 6) is 0.565. The van der Waals surface area contributed by atoms with E-state index in [2.05, 4.69) is 15.5 Å². The van der Waals surface area contributed by atoms with Crippen molar-refractivity contribution in [2.75, 3.05) is 5.73 Å². The lowest BCUT2D eigenvalue weighted by Crippen LogP contribution is -2.02. The number of nitrogens with two attached hydrogens (primary N) is 1. The van der Waals surface area contributed by atoms with Gasteiger partial charge < -0.3 is 5.73 Å². The molecule has 0 bridgehead atoms. The zero-order valence-corrected chi connectivity index (χ0v) is 11.5. The van der Waals surface area contributed by atoms with Crippen LogP contribution in [-0.2, 0) is 0 Å². The maximum atomic E-state index is 6.05. The van der Waals surface area contributed by atoms with Crippen LogP contribution >= 0.6 is 11.6 Å². The lowest BCUT2D eigenvalue weighted by Gasteiger charge is -2.08. The van der Waals surface area contributed by atoms with Crippen molar-refractivity contribution in [3.63, 3.8) is 0 Å². The molecule has 100 valence electrons. The predicted molar refractivity (Wildman–Crippen MR) is 78.7 cm³/mol. The van der Waals surface area contributed by atoms with E-state index in [4.69, 9.17) is 17.3 Å². The summed E-state index contributed by atoms with van der Waals surface area (Å²) in [6, 6.07) is 13.3. The van der Waals surface area contributed by atoms with E-state index < -0.39 is 0 Å². The summed E-state index contributed by atoms with van der Waals surface area (Å²) in [6.45, 7) is 2.02. The molecule has 0 aliphatic heterocycles. The lowest BCUT2D eigenvalue weighted by molar-refractivity contribution is 0.790. The van der Waals surface area contributed by atoms with Crippen LogP contribution in [0.15, 0.2) is 42.5 Å². The first-order chi connectivity index (χ1) is 9.66. The van der Waals surface area contributed by atoms with E-state index in [1.807, 2.05) is 43.3 Å². The minimum absolute atomic E-state index is 0.470. The van der Waals surface area contributed by atoms with Gasteiger partial charge in [0.15, 0.2) is 5.82 Å². The van der Waals surface area contributed by atoms with Gasteiger partial charge in [0.1, 0.15) is 0 Å². The number of halogens is 1. The quantitative estimate of drug-likeness (QED) is 0.735. The number of hydrogen-bond acceptors (Lipinski definition) is 4. The fourth-order valence-electron chi connectivity index (χ4n) is 2.02. The molecule has 0 radical (unpaired) electrons. The van der Waals surface area contributed by atoms with Crippen LogP contribution in [0.3, 0.4) is 0 Å². The molecular weight excluding hydrogens is 274 g/mol. The number of aromatic nitrogens is 4. The molecule has 0 amide bonds. The zero-order chi connectivity index (χ0) is 14.1. The Bertz CT molecular complexity index is 766. The molecule has 3 aromatic rings. The second-order valence-corrected chi connectivity index (χ2v) is 4.86. The van der Waals surface area contributed by atoms with Crippen molar-refractivity contribution in [1.29, 1.82) is 0 Å². The first kappa shape index (κ1) is 12.6. The van der Waals surface area contributed by atoms with E-state index >= 15 is 0 Å². The van der Waals surface area contributed by atoms with Crippen molar-refractivity contribution >= 4 is 17.3 Å². The fourth-order valence-corrected chi connectivity index (χ4v) is 2.20. The Hall–Kier alpha value is -2.40. The summed E-state index contributed by atoms with van der Waals surface area (Å²) in [4.78, 5) is 0. The molecule has 0 aliphatic carbocycles. The highest BCUT2D eigenvalue weighted by atomic mass is 35.5. The Balaban J connectivity index is 2.18. The largest absolute Gasteiger partial charge is 0.397 e. The molecule has 0 spiro atoms. The molecule has 5 nitrogen and oxygen atoms in total. The van der Waals surface area contributed by atoms with Crippen molar-refractivity contribution in [2.24, 2.45) is 0 Å². The number of nitrogen functional groups attached to an aromatic ring is 1. The van der Waals surface area contributed by atoms with Crippen molar-refractivity contribution in [2.45, 2.75) is 6.92 Å². The number of aryl methyl sites for hydroxylation is 1. The van der Waals surface area contributed by atoms with Gasteiger partial charge in [-0.25, -0.2) is 0 Å². The second kappa shape index (κ2) is 4.94. The predicted octanol–water partition coefficient (Wildman–Crippen LogP) is 2.87. The Morgan fingerprint density at radius 3 is 2.75 bits per heavy atom. The summed E-state index contributed by atoms with van der Waals surface area (Å²) in [7, 11) is 0. The van der Waals surface area contributed by atoms with Crippen LogP contribution < -0.4 is 5.73 Å². The monoisotopic (exact) mass is 285 g/mol. The van der Waals surface area contributed by atoms with Gasteiger partial charge in [-0.1, -0.05) is 29.8 Å². The van der Waals surface area contributed by atoms with Gasteiger partial charge in [-0.15, -0.1) is 5.10 Å². The van der Waals surface area contributed by atoms with E-state index in [0.29, 0.717) is 22.1 Å². The number of anilines is 1. The molecular formula is C14H12ClN5. The Kier molecular flexibility index (Phi) is 3.12. The Morgan fingerprint density at radius 2 is 1.95 bits per heavy atom. The summed E-state index contributed by atoms with van der Waals surface area (Å²) >= 11 is 6.05. The molecule has 0 aliphatic rings. The molecule has 0 saturated carbocycles. The van der Waals surface area contributed by atoms with E-state index in [1.54, 1.807) is 10.7 Å². The van der Waals surface area contributed by atoms with Crippen LogP contribution in [0.5, 0.6) is 0 Å². The molecule has 0 unspecified atom stereocenters. The van der Waals surface area contributed by atoms with Gasteiger partial charge in [0.25, 0.3) is 0 Å². The highest BCUT2D eigenvalue weighted by Gasteiger charge is 2.14. The minimum atomic E-state index is 0.470. The standard InChI is InChI=1S/C14H12ClN5/c1-9-4-2-5-10(8-9)20-14(17-18-19-20)11-6-3-7-12(15)13(11)16/h2-8H,16H2,1H3. The lowest BCUT2D eigenvalue weighted by atomic mass is 10.1. The summed E-state index contributed by atoms with van der Waals surface area (Å²) < 4.78 is 1.65. The second-order valence-electron chi connectivity index (χ2n) is 4.45. The average Bonchev–Trinajstić information content (AvgIpc) is 2.91. The number of para-hydroxylation sites is 1. The number of benzene rings is 2. The van der Waals surface area contributed by atoms with E-state index in [-0.39, 0.29) is 0 Å². The maximum absolute atomic E-state index is 6.05. The molecule has 1 aromatic heterocycles. The molecule has 6 heteroatoms. The third-order valence-electron chi connectivity index (χ3n) is 3.01. The number of hydrogen-bond donors (Lipinski definition) is 1. The van der Waals surface area contributed by atoms with Gasteiger partial charge in [0.2, 0.25) is 0 Å². The Morgan fingerprint density at radius 1 is 1.15 bits per heavy atom. The summed E-state index contributed by atoms with van der Waals surface area (Å²) in [6.07, 6.45) is 0. The number of nitrogens with zero attached hydrogens (tertiary/aromatic N) is 4. The molecule has 0 atom stereocenters. The molecule has 0 fully saturated rings. The van der Waals surface area contributed by atoms with Crippen LogP contribution in [0.1, 0.15) is 5.56 Å². The van der Waals surface area contributed by atoms with E-state index in [0.717, 1.165) is 11.3 Å². The van der Waals surface area contributed by atoms with Gasteiger partial charge in [-0.3, -0.25) is 0 Å². The highest BCUT2D eigenvalue weighted by molar-refractivity contribution is 6.33. The molecule has 20 heavy (non-hydrogen) atoms. The smallest absolute Gasteiger partial charge is 0.189 e. The molecule has 3 rings (SSSR count). The average molecular weight is 286 g/mol.